The fourth-order valence-electron chi connectivity index (χ4n) is 6.69. The zero-order chi connectivity index (χ0) is 25.5. The normalized spacial score (nSPS) is 26.1. The Morgan fingerprint density at radius 3 is 2.89 bits per heavy atom. The van der Waals surface area contributed by atoms with Gasteiger partial charge in [0, 0.05) is 62.8 Å². The van der Waals surface area contributed by atoms with Gasteiger partial charge in [-0.05, 0) is 53.8 Å². The highest BCUT2D eigenvalue weighted by molar-refractivity contribution is 5.85. The van der Waals surface area contributed by atoms with Gasteiger partial charge in [-0.3, -0.25) is 10.3 Å². The number of rotatable bonds is 4. The monoisotopic (exact) mass is 509 g/mol. The highest BCUT2D eigenvalue weighted by Crippen LogP contribution is 2.34. The van der Waals surface area contributed by atoms with E-state index in [1.165, 1.54) is 21.9 Å². The molecule has 3 fully saturated rings. The zero-order valence-electron chi connectivity index (χ0n) is 21.6. The largest absolute Gasteiger partial charge is 0.334 e. The van der Waals surface area contributed by atoms with Crippen molar-refractivity contribution < 1.29 is 4.79 Å². The highest BCUT2D eigenvalue weighted by atomic mass is 16.2. The van der Waals surface area contributed by atoms with Crippen LogP contribution >= 0.6 is 0 Å². The minimum Gasteiger partial charge on any atom is -0.334 e. The summed E-state index contributed by atoms with van der Waals surface area (Å²) < 4.78 is 2.06. The molecule has 3 N–H and O–H groups in total. The molecule has 4 atom stereocenters. The standard InChI is InChI=1S/C30H35N7O/c38-30(32-24-8-4-14-35(19-24)17-22-7-3-6-21-5-1-2-9-25(21)22)37-15-12-27-26(20-37)29(34-33-27)23-10-11-28-31-13-16-36(28)18-23/h1-3,5-7,9-11,13,16,18,24,26-27,29,33-34H,4,8,12,14-15,17,19-20H2,(H,32,38)/t24-,26?,27?,29?/m1/s1. The number of likely N-dealkylation sites (tertiary alicyclic amines) is 2. The summed E-state index contributed by atoms with van der Waals surface area (Å²) in [6.07, 6.45) is 9.04. The van der Waals surface area contributed by atoms with Gasteiger partial charge in [0.25, 0.3) is 0 Å². The second-order valence-corrected chi connectivity index (χ2v) is 11.1. The van der Waals surface area contributed by atoms with Gasteiger partial charge in [0.1, 0.15) is 5.65 Å². The molecule has 5 heterocycles. The van der Waals surface area contributed by atoms with E-state index in [4.69, 9.17) is 0 Å². The van der Waals surface area contributed by atoms with Gasteiger partial charge in [-0.15, -0.1) is 0 Å². The molecular formula is C30H35N7O. The van der Waals surface area contributed by atoms with E-state index in [9.17, 15) is 4.79 Å². The summed E-state index contributed by atoms with van der Waals surface area (Å²) in [5.41, 5.74) is 10.5. The van der Waals surface area contributed by atoms with E-state index < -0.39 is 0 Å². The maximum atomic E-state index is 13.4. The van der Waals surface area contributed by atoms with Gasteiger partial charge in [0.05, 0.1) is 6.04 Å². The Bertz CT molecular complexity index is 1450. The van der Waals surface area contributed by atoms with E-state index >= 15 is 0 Å². The number of pyridine rings is 1. The fraction of sp³-hybridized carbons (Fsp3) is 0.400. The maximum Gasteiger partial charge on any atom is 0.317 e. The molecular weight excluding hydrogens is 474 g/mol. The summed E-state index contributed by atoms with van der Waals surface area (Å²) in [6.45, 7) is 4.41. The van der Waals surface area contributed by atoms with Crippen molar-refractivity contribution >= 4 is 22.5 Å². The maximum absolute atomic E-state index is 13.4. The quantitative estimate of drug-likeness (QED) is 0.391. The lowest BCUT2D eigenvalue weighted by atomic mass is 9.85. The van der Waals surface area contributed by atoms with E-state index in [0.717, 1.165) is 57.6 Å². The third-order valence-corrected chi connectivity index (χ3v) is 8.68. The van der Waals surface area contributed by atoms with Gasteiger partial charge in [-0.2, -0.15) is 0 Å². The molecule has 0 aliphatic carbocycles. The number of nitrogens with zero attached hydrogens (tertiary/aromatic N) is 4. The smallest absolute Gasteiger partial charge is 0.317 e. The third kappa shape index (κ3) is 4.53. The van der Waals surface area contributed by atoms with Gasteiger partial charge < -0.3 is 14.6 Å². The summed E-state index contributed by atoms with van der Waals surface area (Å²) in [4.78, 5) is 22.3. The van der Waals surface area contributed by atoms with Crippen molar-refractivity contribution in [2.24, 2.45) is 5.92 Å². The van der Waals surface area contributed by atoms with Crippen LogP contribution in [0.5, 0.6) is 0 Å². The van der Waals surface area contributed by atoms with Crippen molar-refractivity contribution in [3.63, 3.8) is 0 Å². The molecule has 0 saturated carbocycles. The van der Waals surface area contributed by atoms with Gasteiger partial charge in [-0.1, -0.05) is 48.5 Å². The lowest BCUT2D eigenvalue weighted by molar-refractivity contribution is 0.139. The van der Waals surface area contributed by atoms with Crippen LogP contribution < -0.4 is 16.2 Å². The lowest BCUT2D eigenvalue weighted by Gasteiger charge is -2.38. The van der Waals surface area contributed by atoms with Crippen LogP contribution in [0.3, 0.4) is 0 Å². The molecule has 7 rings (SSSR count). The topological polar surface area (TPSA) is 76.9 Å². The van der Waals surface area contributed by atoms with Crippen molar-refractivity contribution in [3.8, 4) is 0 Å². The van der Waals surface area contributed by atoms with Gasteiger partial charge in [0.15, 0.2) is 0 Å². The summed E-state index contributed by atoms with van der Waals surface area (Å²) in [5.74, 6) is 0.324. The molecule has 4 aromatic rings. The number of nitrogens with one attached hydrogen (secondary N) is 3. The Balaban J connectivity index is 0.991. The average Bonchev–Trinajstić information content (AvgIpc) is 3.60. The lowest BCUT2D eigenvalue weighted by Crippen LogP contribution is -2.55. The number of carbonyl (C=O) groups excluding carboxylic acids is 1. The third-order valence-electron chi connectivity index (χ3n) is 8.68. The highest BCUT2D eigenvalue weighted by Gasteiger charge is 2.42. The Hall–Kier alpha value is -3.46. The van der Waals surface area contributed by atoms with Crippen LogP contribution in [-0.2, 0) is 6.54 Å². The molecule has 38 heavy (non-hydrogen) atoms. The van der Waals surface area contributed by atoms with Crippen molar-refractivity contribution in [2.45, 2.75) is 43.9 Å². The summed E-state index contributed by atoms with van der Waals surface area (Å²) in [5, 5.41) is 6.00. The van der Waals surface area contributed by atoms with E-state index in [2.05, 4.69) is 91.2 Å². The SMILES string of the molecule is O=C(N[C@@H]1CCCN(Cc2cccc3ccccc23)C1)N1CCC2NNC(c3ccc4nccn4c3)C2C1. The van der Waals surface area contributed by atoms with E-state index in [0.29, 0.717) is 12.0 Å². The van der Waals surface area contributed by atoms with E-state index in [-0.39, 0.29) is 18.1 Å². The van der Waals surface area contributed by atoms with Crippen LogP contribution in [-0.4, -0.2) is 63.5 Å². The minimum absolute atomic E-state index is 0.0798. The number of piperidine rings is 2. The van der Waals surface area contributed by atoms with Crippen LogP contribution in [0.15, 0.2) is 73.2 Å². The van der Waals surface area contributed by atoms with Gasteiger partial charge in [-0.25, -0.2) is 15.2 Å². The summed E-state index contributed by atoms with van der Waals surface area (Å²) in [6, 6.07) is 20.2. The van der Waals surface area contributed by atoms with Crippen molar-refractivity contribution in [3.05, 3.63) is 84.3 Å². The molecule has 3 aliphatic heterocycles. The second-order valence-electron chi connectivity index (χ2n) is 11.1. The first-order valence-corrected chi connectivity index (χ1v) is 13.9. The molecule has 196 valence electrons. The first-order valence-electron chi connectivity index (χ1n) is 13.9. The molecule has 0 spiro atoms. The minimum atomic E-state index is 0.0798. The van der Waals surface area contributed by atoms with Gasteiger partial charge in [0.2, 0.25) is 0 Å². The number of carbonyl (C=O) groups is 1. The van der Waals surface area contributed by atoms with E-state index in [1.807, 2.05) is 17.3 Å². The number of fused-ring (bicyclic) bond motifs is 3. The number of hydrogen-bond acceptors (Lipinski definition) is 5. The molecule has 2 aromatic carbocycles. The predicted octanol–water partition coefficient (Wildman–Crippen LogP) is 3.70. The van der Waals surface area contributed by atoms with E-state index in [1.54, 1.807) is 0 Å². The Kier molecular flexibility index (Phi) is 6.23. The molecule has 3 saturated heterocycles. The van der Waals surface area contributed by atoms with Crippen molar-refractivity contribution in [1.29, 1.82) is 0 Å². The molecule has 3 unspecified atom stereocenters. The fourth-order valence-corrected chi connectivity index (χ4v) is 6.69. The number of hydrogen-bond donors (Lipinski definition) is 3. The summed E-state index contributed by atoms with van der Waals surface area (Å²) >= 11 is 0. The van der Waals surface area contributed by atoms with Crippen LogP contribution in [0.4, 0.5) is 4.79 Å². The number of amides is 2. The number of benzene rings is 2. The first kappa shape index (κ1) is 23.6. The van der Waals surface area contributed by atoms with Crippen molar-refractivity contribution in [1.82, 2.24) is 35.4 Å². The first-order chi connectivity index (χ1) is 18.7. The molecule has 2 amide bonds. The van der Waals surface area contributed by atoms with Crippen LogP contribution in [0, 0.1) is 5.92 Å². The van der Waals surface area contributed by atoms with Crippen LogP contribution in [0.25, 0.3) is 16.4 Å². The Labute approximate surface area is 223 Å². The molecule has 8 nitrogen and oxygen atoms in total. The zero-order valence-corrected chi connectivity index (χ0v) is 21.6. The number of urea groups is 1. The number of imidazole rings is 1. The number of aromatic nitrogens is 2. The van der Waals surface area contributed by atoms with Crippen molar-refractivity contribution in [2.75, 3.05) is 26.2 Å². The summed E-state index contributed by atoms with van der Waals surface area (Å²) in [7, 11) is 0. The molecule has 3 aliphatic rings. The number of hydrazine groups is 1. The molecule has 0 radical (unpaired) electrons. The second kappa shape index (κ2) is 10.0. The average molecular weight is 510 g/mol. The molecule has 8 heteroatoms. The predicted molar refractivity (Wildman–Crippen MR) is 148 cm³/mol. The Morgan fingerprint density at radius 2 is 1.92 bits per heavy atom. The van der Waals surface area contributed by atoms with Gasteiger partial charge >= 0.3 is 6.03 Å². The van der Waals surface area contributed by atoms with Crippen LogP contribution in [0.1, 0.15) is 36.4 Å². The molecule has 0 bridgehead atoms. The molecule has 2 aromatic heterocycles. The van der Waals surface area contributed by atoms with Crippen LogP contribution in [0.2, 0.25) is 0 Å². The Morgan fingerprint density at radius 1 is 1.00 bits per heavy atom.